The fourth-order valence-corrected chi connectivity index (χ4v) is 0.258. The van der Waals surface area contributed by atoms with E-state index in [9.17, 15) is 19.8 Å². The number of aliphatic hydroxyl groups excluding tert-OH is 2. The van der Waals surface area contributed by atoms with E-state index in [0.29, 0.717) is 0 Å². The van der Waals surface area contributed by atoms with Crippen LogP contribution in [0.3, 0.4) is 0 Å². The molecule has 0 fully saturated rings. The van der Waals surface area contributed by atoms with Crippen LogP contribution < -0.4 is 164 Å². The maximum atomic E-state index is 9.63. The van der Waals surface area contributed by atoms with E-state index in [0.717, 1.165) is 0 Å². The molecule has 0 heterocycles. The molecule has 0 rings (SSSR count). The molecule has 0 bridgehead atoms. The monoisotopic (exact) mass is 265 g/mol. The minimum Gasteiger partial charge on any atom is -0.547 e. The summed E-state index contributed by atoms with van der Waals surface area (Å²) in [5.74, 6) is -4.12. The van der Waals surface area contributed by atoms with Crippen molar-refractivity contribution in [3.63, 3.8) is 0 Å². The standard InChI is InChI=1S/C4H6O6.3K/c5-1(3(7)8)2(6)4(9)10;;;/h1-2,5-6H,(H,7,8)(H,9,10);;;/q;3*+1/p-2. The van der Waals surface area contributed by atoms with Crippen LogP contribution in [-0.2, 0) is 9.59 Å². The number of carbonyl (C=O) groups is 2. The topological polar surface area (TPSA) is 121 Å². The fourth-order valence-electron chi connectivity index (χ4n) is 0.258. The van der Waals surface area contributed by atoms with Gasteiger partial charge in [0, 0.05) is 0 Å². The van der Waals surface area contributed by atoms with Gasteiger partial charge < -0.3 is 30.0 Å². The molecule has 58 valence electrons. The van der Waals surface area contributed by atoms with E-state index >= 15 is 0 Å². The van der Waals surface area contributed by atoms with Crippen molar-refractivity contribution < 1.29 is 184 Å². The van der Waals surface area contributed by atoms with Gasteiger partial charge in [-0.3, -0.25) is 0 Å². The average Bonchev–Trinajstić information content (AvgIpc) is 1.84. The van der Waals surface area contributed by atoms with Crippen LogP contribution in [0.25, 0.3) is 0 Å². The Morgan fingerprint density at radius 3 is 1.08 bits per heavy atom. The molecule has 0 radical (unpaired) electrons. The Morgan fingerprint density at radius 2 is 1.00 bits per heavy atom. The summed E-state index contributed by atoms with van der Waals surface area (Å²) >= 11 is 0. The third-order valence-electron chi connectivity index (χ3n) is 0.782. The molecule has 2 N–H and O–H groups in total. The minimum absolute atomic E-state index is 0. The van der Waals surface area contributed by atoms with Crippen LogP contribution in [-0.4, -0.2) is 34.4 Å². The van der Waals surface area contributed by atoms with Crippen LogP contribution in [0.15, 0.2) is 0 Å². The van der Waals surface area contributed by atoms with E-state index in [-0.39, 0.29) is 154 Å². The molecule has 0 aliphatic heterocycles. The zero-order valence-electron chi connectivity index (χ0n) is 7.68. The zero-order valence-corrected chi connectivity index (χ0v) is 17.1. The third kappa shape index (κ3) is 12.0. The summed E-state index contributed by atoms with van der Waals surface area (Å²) in [5, 5.41) is 35.7. The van der Waals surface area contributed by atoms with Gasteiger partial charge in [0.2, 0.25) is 0 Å². The number of carbonyl (C=O) groups excluding carboxylic acids is 2. The fraction of sp³-hybridized carbons (Fsp3) is 0.500. The summed E-state index contributed by atoms with van der Waals surface area (Å²) in [6, 6.07) is 0. The number of aliphatic carboxylic acids is 2. The predicted octanol–water partition coefficient (Wildman–Crippen LogP) is -13.8. The van der Waals surface area contributed by atoms with Crippen LogP contribution in [0.2, 0.25) is 0 Å². The van der Waals surface area contributed by atoms with Crippen LogP contribution in [0.1, 0.15) is 0 Å². The van der Waals surface area contributed by atoms with Gasteiger partial charge >= 0.3 is 154 Å². The van der Waals surface area contributed by atoms with E-state index in [1.807, 2.05) is 0 Å². The molecule has 9 heteroatoms. The minimum atomic E-state index is -2.44. The molecule has 0 amide bonds. The first-order chi connectivity index (χ1) is 4.46. The zero-order chi connectivity index (χ0) is 8.31. The number of hydrogen-bond acceptors (Lipinski definition) is 6. The van der Waals surface area contributed by atoms with Crippen LogP contribution in [0.5, 0.6) is 0 Å². The molecular formula is C4H4K3O6+. The molecular weight excluding hydrogens is 261 g/mol. The Labute approximate surface area is 202 Å². The number of aliphatic hydroxyl groups is 2. The van der Waals surface area contributed by atoms with Crippen molar-refractivity contribution in [1.29, 1.82) is 0 Å². The SMILES string of the molecule is O=C([O-])C(O)C(O)C(=O)[O-].[K+].[K+].[K+]. The number of hydrogen-bond donors (Lipinski definition) is 2. The van der Waals surface area contributed by atoms with Crippen molar-refractivity contribution in [2.24, 2.45) is 0 Å². The molecule has 0 aliphatic carbocycles. The van der Waals surface area contributed by atoms with E-state index in [2.05, 4.69) is 0 Å². The van der Waals surface area contributed by atoms with Gasteiger partial charge in [-0.25, -0.2) is 0 Å². The predicted molar refractivity (Wildman–Crippen MR) is 22.0 cm³/mol. The summed E-state index contributed by atoms with van der Waals surface area (Å²) in [6.45, 7) is 0. The van der Waals surface area contributed by atoms with Gasteiger partial charge in [-0.2, -0.15) is 0 Å². The van der Waals surface area contributed by atoms with E-state index < -0.39 is 24.1 Å². The van der Waals surface area contributed by atoms with Gasteiger partial charge in [-0.15, -0.1) is 0 Å². The number of carboxylic acid groups (broad SMARTS) is 2. The summed E-state index contributed by atoms with van der Waals surface area (Å²) in [7, 11) is 0. The molecule has 0 aromatic carbocycles. The first-order valence-electron chi connectivity index (χ1n) is 2.24. The van der Waals surface area contributed by atoms with Gasteiger partial charge in [-0.1, -0.05) is 0 Å². The molecule has 0 saturated carbocycles. The van der Waals surface area contributed by atoms with Crippen molar-refractivity contribution in [1.82, 2.24) is 0 Å². The van der Waals surface area contributed by atoms with Crippen molar-refractivity contribution in [2.75, 3.05) is 0 Å². The van der Waals surface area contributed by atoms with E-state index in [1.54, 1.807) is 0 Å². The van der Waals surface area contributed by atoms with Gasteiger partial charge in [-0.05, 0) is 0 Å². The van der Waals surface area contributed by atoms with Crippen molar-refractivity contribution in [3.8, 4) is 0 Å². The molecule has 0 aromatic rings. The van der Waals surface area contributed by atoms with Gasteiger partial charge in [0.05, 0.1) is 11.9 Å². The van der Waals surface area contributed by atoms with Crippen LogP contribution in [0, 0.1) is 0 Å². The van der Waals surface area contributed by atoms with Crippen molar-refractivity contribution >= 4 is 11.9 Å². The Kier molecular flexibility index (Phi) is 27.2. The van der Waals surface area contributed by atoms with Gasteiger partial charge in [0.15, 0.2) is 0 Å². The molecule has 13 heavy (non-hydrogen) atoms. The molecule has 0 aromatic heterocycles. The molecule has 0 spiro atoms. The van der Waals surface area contributed by atoms with Crippen molar-refractivity contribution in [2.45, 2.75) is 12.2 Å². The Hall–Kier alpha value is 3.77. The molecule has 2 unspecified atom stereocenters. The second-order valence-corrected chi connectivity index (χ2v) is 1.53. The number of rotatable bonds is 3. The number of carboxylic acids is 2. The molecule has 2 atom stereocenters. The Morgan fingerprint density at radius 1 is 0.846 bits per heavy atom. The Bertz CT molecular complexity index is 144. The molecule has 0 aliphatic rings. The maximum Gasteiger partial charge on any atom is 1.00 e. The largest absolute Gasteiger partial charge is 1.00 e. The normalized spacial score (nSPS) is 12.2. The van der Waals surface area contributed by atoms with Crippen LogP contribution >= 0.6 is 0 Å². The summed E-state index contributed by atoms with van der Waals surface area (Å²) < 4.78 is 0. The quantitative estimate of drug-likeness (QED) is 0.489. The summed E-state index contributed by atoms with van der Waals surface area (Å²) in [6.07, 6.45) is -4.88. The average molecular weight is 265 g/mol. The summed E-state index contributed by atoms with van der Waals surface area (Å²) in [5.41, 5.74) is 0. The first-order valence-corrected chi connectivity index (χ1v) is 2.24. The third-order valence-corrected chi connectivity index (χ3v) is 0.782. The molecule has 6 nitrogen and oxygen atoms in total. The van der Waals surface area contributed by atoms with Crippen molar-refractivity contribution in [3.05, 3.63) is 0 Å². The molecule has 0 saturated heterocycles. The van der Waals surface area contributed by atoms with E-state index in [1.165, 1.54) is 0 Å². The smallest absolute Gasteiger partial charge is 0.547 e. The Balaban J connectivity index is -0.000000135. The summed E-state index contributed by atoms with van der Waals surface area (Å²) in [4.78, 5) is 19.3. The van der Waals surface area contributed by atoms with Crippen LogP contribution in [0.4, 0.5) is 0 Å². The second-order valence-electron chi connectivity index (χ2n) is 1.53. The van der Waals surface area contributed by atoms with E-state index in [4.69, 9.17) is 10.2 Å². The van der Waals surface area contributed by atoms with Gasteiger partial charge in [0.25, 0.3) is 0 Å². The second kappa shape index (κ2) is 13.8. The maximum absolute atomic E-state index is 9.63. The van der Waals surface area contributed by atoms with Gasteiger partial charge in [0.1, 0.15) is 12.2 Å². The first kappa shape index (κ1) is 25.6.